The third-order valence-corrected chi connectivity index (χ3v) is 5.10. The molecule has 4 heteroatoms. The first-order valence-electron chi connectivity index (χ1n) is 8.93. The van der Waals surface area contributed by atoms with E-state index in [-0.39, 0.29) is 0 Å². The number of hydrogen-bond acceptors (Lipinski definition) is 2. The number of H-pyrrole nitrogens is 1. The minimum absolute atomic E-state index is 0.429. The van der Waals surface area contributed by atoms with Gasteiger partial charge in [0.05, 0.1) is 5.52 Å². The van der Waals surface area contributed by atoms with Crippen LogP contribution in [0.3, 0.4) is 0 Å². The summed E-state index contributed by atoms with van der Waals surface area (Å²) in [7, 11) is 0. The molecule has 132 valence electrons. The molecular formula is C22H22ClN3. The Labute approximate surface area is 158 Å². The fourth-order valence-electron chi connectivity index (χ4n) is 3.37. The topological polar surface area (TPSA) is 31.9 Å². The number of para-hydroxylation sites is 1. The fraction of sp³-hybridized carbons (Fsp3) is 0.227. The number of hydrogen-bond donors (Lipinski definition) is 1. The summed E-state index contributed by atoms with van der Waals surface area (Å²) in [6.07, 6.45) is 4.10. The summed E-state index contributed by atoms with van der Waals surface area (Å²) in [4.78, 5) is 10.4. The van der Waals surface area contributed by atoms with Gasteiger partial charge in [0.2, 0.25) is 0 Å². The largest absolute Gasteiger partial charge is 0.361 e. The number of aromatic nitrogens is 2. The summed E-state index contributed by atoms with van der Waals surface area (Å²) in [6, 6.07) is 16.9. The molecule has 0 aliphatic heterocycles. The molecule has 0 saturated heterocycles. The highest BCUT2D eigenvalue weighted by Crippen LogP contribution is 2.23. The Morgan fingerprint density at radius 1 is 1.08 bits per heavy atom. The Hall–Kier alpha value is -2.36. The molecule has 0 saturated carbocycles. The summed E-state index contributed by atoms with van der Waals surface area (Å²) in [5.74, 6) is 0. The lowest BCUT2D eigenvalue weighted by Gasteiger charge is -2.26. The number of nitrogens with one attached hydrogen (secondary N) is 1. The van der Waals surface area contributed by atoms with Gasteiger partial charge in [0.15, 0.2) is 0 Å². The lowest BCUT2D eigenvalue weighted by atomic mass is 10.1. The molecule has 2 aromatic carbocycles. The molecule has 0 aliphatic carbocycles. The van der Waals surface area contributed by atoms with Gasteiger partial charge < -0.3 is 4.98 Å². The van der Waals surface area contributed by atoms with Gasteiger partial charge in [-0.05, 0) is 55.3 Å². The molecule has 0 unspecified atom stereocenters. The number of pyridine rings is 1. The van der Waals surface area contributed by atoms with Gasteiger partial charge in [0, 0.05) is 52.8 Å². The normalized spacial score (nSPS) is 11.9. The average molecular weight is 364 g/mol. The predicted molar refractivity (Wildman–Crippen MR) is 109 cm³/mol. The number of benzene rings is 2. The van der Waals surface area contributed by atoms with Gasteiger partial charge in [-0.3, -0.25) is 9.88 Å². The maximum atomic E-state index is 6.14. The first-order valence-corrected chi connectivity index (χ1v) is 9.31. The Bertz CT molecular complexity index is 1050. The molecule has 26 heavy (non-hydrogen) atoms. The molecule has 4 aromatic rings. The number of halogens is 1. The lowest BCUT2D eigenvalue weighted by Crippen LogP contribution is -2.29. The zero-order valence-corrected chi connectivity index (χ0v) is 15.8. The number of aromatic amines is 1. The van der Waals surface area contributed by atoms with Crippen LogP contribution in [-0.2, 0) is 13.1 Å². The van der Waals surface area contributed by atoms with Gasteiger partial charge >= 0.3 is 0 Å². The van der Waals surface area contributed by atoms with Crippen molar-refractivity contribution in [3.05, 3.63) is 77.1 Å². The highest BCUT2D eigenvalue weighted by atomic mass is 35.5. The second-order valence-corrected chi connectivity index (χ2v) is 7.48. The van der Waals surface area contributed by atoms with E-state index >= 15 is 0 Å². The second-order valence-electron chi connectivity index (χ2n) is 7.04. The second kappa shape index (κ2) is 7.10. The fourth-order valence-corrected chi connectivity index (χ4v) is 3.55. The van der Waals surface area contributed by atoms with E-state index in [0.29, 0.717) is 6.04 Å². The van der Waals surface area contributed by atoms with Crippen LogP contribution in [0.25, 0.3) is 21.8 Å². The highest BCUT2D eigenvalue weighted by molar-refractivity contribution is 6.31. The minimum Gasteiger partial charge on any atom is -0.361 e. The molecule has 0 aliphatic rings. The first-order chi connectivity index (χ1) is 12.6. The number of rotatable bonds is 5. The van der Waals surface area contributed by atoms with Crippen LogP contribution in [0, 0.1) is 0 Å². The quantitative estimate of drug-likeness (QED) is 0.487. The Morgan fingerprint density at radius 3 is 2.77 bits per heavy atom. The third-order valence-electron chi connectivity index (χ3n) is 4.86. The SMILES string of the molecule is CC(C)N(Cc1cnc2ccc(Cl)cc2c1)Cc1c[nH]c2ccccc12. The van der Waals surface area contributed by atoms with Gasteiger partial charge in [-0.2, -0.15) is 0 Å². The van der Waals surface area contributed by atoms with Crippen molar-refractivity contribution in [2.45, 2.75) is 33.0 Å². The Morgan fingerprint density at radius 2 is 1.92 bits per heavy atom. The van der Waals surface area contributed by atoms with Crippen LogP contribution in [0.5, 0.6) is 0 Å². The van der Waals surface area contributed by atoms with E-state index in [1.807, 2.05) is 24.4 Å². The zero-order chi connectivity index (χ0) is 18.1. The van der Waals surface area contributed by atoms with Gasteiger partial charge in [0.25, 0.3) is 0 Å². The van der Waals surface area contributed by atoms with Crippen LogP contribution >= 0.6 is 11.6 Å². The van der Waals surface area contributed by atoms with Crippen LogP contribution in [0.1, 0.15) is 25.0 Å². The Kier molecular flexibility index (Phi) is 4.66. The van der Waals surface area contributed by atoms with E-state index < -0.39 is 0 Å². The Balaban J connectivity index is 1.61. The van der Waals surface area contributed by atoms with E-state index in [0.717, 1.165) is 29.0 Å². The third kappa shape index (κ3) is 3.46. The van der Waals surface area contributed by atoms with Crippen LogP contribution in [0.2, 0.25) is 5.02 Å². The van der Waals surface area contributed by atoms with E-state index in [1.165, 1.54) is 22.0 Å². The highest BCUT2D eigenvalue weighted by Gasteiger charge is 2.14. The molecule has 0 bridgehead atoms. The van der Waals surface area contributed by atoms with Gasteiger partial charge in [-0.15, -0.1) is 0 Å². The van der Waals surface area contributed by atoms with Crippen molar-refractivity contribution >= 4 is 33.4 Å². The molecule has 0 atom stereocenters. The van der Waals surface area contributed by atoms with Gasteiger partial charge in [-0.1, -0.05) is 29.8 Å². The van der Waals surface area contributed by atoms with Gasteiger partial charge in [-0.25, -0.2) is 0 Å². The molecule has 1 N–H and O–H groups in total. The minimum atomic E-state index is 0.429. The molecule has 0 fully saturated rings. The maximum absolute atomic E-state index is 6.14. The monoisotopic (exact) mass is 363 g/mol. The summed E-state index contributed by atoms with van der Waals surface area (Å²) in [5, 5.41) is 3.13. The van der Waals surface area contributed by atoms with Crippen molar-refractivity contribution in [2.75, 3.05) is 0 Å². The van der Waals surface area contributed by atoms with E-state index in [2.05, 4.69) is 65.2 Å². The van der Waals surface area contributed by atoms with Crippen molar-refractivity contribution < 1.29 is 0 Å². The van der Waals surface area contributed by atoms with Crippen LogP contribution < -0.4 is 0 Å². The summed E-state index contributed by atoms with van der Waals surface area (Å²) < 4.78 is 0. The van der Waals surface area contributed by atoms with Crippen LogP contribution in [0.15, 0.2) is 60.9 Å². The van der Waals surface area contributed by atoms with Crippen molar-refractivity contribution in [3.63, 3.8) is 0 Å². The molecule has 0 radical (unpaired) electrons. The molecular weight excluding hydrogens is 342 g/mol. The number of fused-ring (bicyclic) bond motifs is 2. The van der Waals surface area contributed by atoms with Gasteiger partial charge in [0.1, 0.15) is 0 Å². The van der Waals surface area contributed by atoms with E-state index in [9.17, 15) is 0 Å². The predicted octanol–water partition coefficient (Wildman–Crippen LogP) is 5.78. The van der Waals surface area contributed by atoms with Crippen LogP contribution in [-0.4, -0.2) is 20.9 Å². The summed E-state index contributed by atoms with van der Waals surface area (Å²) in [6.45, 7) is 6.22. The first kappa shape index (κ1) is 17.1. The average Bonchev–Trinajstić information content (AvgIpc) is 3.04. The molecule has 4 rings (SSSR count). The van der Waals surface area contributed by atoms with Crippen molar-refractivity contribution in [3.8, 4) is 0 Å². The molecule has 0 spiro atoms. The molecule has 3 nitrogen and oxygen atoms in total. The van der Waals surface area contributed by atoms with Crippen molar-refractivity contribution in [2.24, 2.45) is 0 Å². The maximum Gasteiger partial charge on any atom is 0.0703 e. The lowest BCUT2D eigenvalue weighted by molar-refractivity contribution is 0.204. The molecule has 2 aromatic heterocycles. The van der Waals surface area contributed by atoms with Crippen molar-refractivity contribution in [1.29, 1.82) is 0 Å². The van der Waals surface area contributed by atoms with Crippen molar-refractivity contribution in [1.82, 2.24) is 14.9 Å². The summed E-state index contributed by atoms with van der Waals surface area (Å²) >= 11 is 6.14. The molecule has 2 heterocycles. The number of nitrogens with zero attached hydrogens (tertiary/aromatic N) is 2. The summed E-state index contributed by atoms with van der Waals surface area (Å²) in [5.41, 5.74) is 4.69. The van der Waals surface area contributed by atoms with Crippen LogP contribution in [0.4, 0.5) is 0 Å². The van der Waals surface area contributed by atoms with E-state index in [4.69, 9.17) is 11.6 Å². The zero-order valence-electron chi connectivity index (χ0n) is 15.0. The molecule has 0 amide bonds. The van der Waals surface area contributed by atoms with E-state index in [1.54, 1.807) is 0 Å². The smallest absolute Gasteiger partial charge is 0.0703 e. The standard InChI is InChI=1S/C22H22ClN3/c1-15(2)26(14-18-12-25-22-6-4-3-5-20(18)22)13-16-9-17-10-19(23)7-8-21(17)24-11-16/h3-12,15,25H,13-14H2,1-2H3.